The number of aliphatic carboxylic acids is 1. The van der Waals surface area contributed by atoms with E-state index in [1.165, 1.54) is 6.20 Å². The third kappa shape index (κ3) is 3.04. The Kier molecular flexibility index (Phi) is 4.17. The fourth-order valence-electron chi connectivity index (χ4n) is 2.77. The van der Waals surface area contributed by atoms with Crippen molar-refractivity contribution >= 4 is 17.6 Å². The maximum atomic E-state index is 12.3. The van der Waals surface area contributed by atoms with Crippen LogP contribution in [-0.2, 0) is 9.59 Å². The molecule has 1 aliphatic rings. The van der Waals surface area contributed by atoms with E-state index in [9.17, 15) is 14.7 Å². The van der Waals surface area contributed by atoms with Gasteiger partial charge in [-0.25, -0.2) is 0 Å². The zero-order valence-corrected chi connectivity index (χ0v) is 11.5. The Labute approximate surface area is 117 Å². The van der Waals surface area contributed by atoms with Crippen molar-refractivity contribution in [3.05, 3.63) is 36.2 Å². The van der Waals surface area contributed by atoms with Crippen molar-refractivity contribution < 1.29 is 14.7 Å². The molecule has 5 nitrogen and oxygen atoms in total. The van der Waals surface area contributed by atoms with Gasteiger partial charge in [0, 0.05) is 18.1 Å². The Morgan fingerprint density at radius 2 is 2.20 bits per heavy atom. The zero-order chi connectivity index (χ0) is 14.7. The number of nitrogens with zero attached hydrogens (tertiary/aromatic N) is 1. The molecule has 0 saturated heterocycles. The summed E-state index contributed by atoms with van der Waals surface area (Å²) in [5.41, 5.74) is 1.59. The molecule has 0 bridgehead atoms. The van der Waals surface area contributed by atoms with E-state index in [2.05, 4.69) is 10.3 Å². The van der Waals surface area contributed by atoms with Crippen LogP contribution in [-0.4, -0.2) is 16.9 Å². The first-order valence-electron chi connectivity index (χ1n) is 6.58. The first kappa shape index (κ1) is 14.2. The van der Waals surface area contributed by atoms with E-state index >= 15 is 0 Å². The van der Waals surface area contributed by atoms with Crippen LogP contribution >= 0.6 is 0 Å². The second-order valence-corrected chi connectivity index (χ2v) is 5.26. The highest BCUT2D eigenvalue weighted by Crippen LogP contribution is 2.34. The predicted molar refractivity (Wildman–Crippen MR) is 72.4 cm³/mol. The van der Waals surface area contributed by atoms with Crippen LogP contribution in [0.25, 0.3) is 0 Å². The van der Waals surface area contributed by atoms with Gasteiger partial charge in [0.25, 0.3) is 0 Å². The lowest BCUT2D eigenvalue weighted by atomic mass is 9.73. The van der Waals surface area contributed by atoms with Gasteiger partial charge in [0.15, 0.2) is 0 Å². The predicted octanol–water partition coefficient (Wildman–Crippen LogP) is 0.988. The number of pyridine rings is 1. The topological polar surface area (TPSA) is 82.1 Å². The van der Waals surface area contributed by atoms with E-state index in [-0.39, 0.29) is 11.8 Å². The minimum Gasteiger partial charge on any atom is -0.550 e. The first-order chi connectivity index (χ1) is 9.49. The second-order valence-electron chi connectivity index (χ2n) is 5.26. The minimum atomic E-state index is -1.17. The fourth-order valence-corrected chi connectivity index (χ4v) is 2.77. The average molecular weight is 273 g/mol. The average Bonchev–Trinajstić information content (AvgIpc) is 2.38. The van der Waals surface area contributed by atoms with Gasteiger partial charge in [0.1, 0.15) is 0 Å². The molecule has 106 valence electrons. The summed E-state index contributed by atoms with van der Waals surface area (Å²) in [6.07, 6.45) is 5.47. The number of allylic oxidation sites excluding steroid dienone is 2. The molecule has 1 amide bonds. The van der Waals surface area contributed by atoms with E-state index in [1.54, 1.807) is 25.3 Å². The number of amides is 1. The summed E-state index contributed by atoms with van der Waals surface area (Å²) in [6.45, 7) is 3.71. The van der Waals surface area contributed by atoms with Crippen molar-refractivity contribution in [2.24, 2.45) is 17.8 Å². The highest BCUT2D eigenvalue weighted by molar-refractivity contribution is 5.95. The Balaban J connectivity index is 2.18. The maximum absolute atomic E-state index is 12.3. The number of carboxylic acids is 1. The van der Waals surface area contributed by atoms with Gasteiger partial charge in [0.2, 0.25) is 5.91 Å². The van der Waals surface area contributed by atoms with Gasteiger partial charge in [-0.15, -0.1) is 0 Å². The number of carboxylic acid groups (broad SMARTS) is 1. The zero-order valence-electron chi connectivity index (χ0n) is 11.5. The van der Waals surface area contributed by atoms with Gasteiger partial charge in [0.05, 0.1) is 17.8 Å². The molecule has 1 aliphatic carbocycles. The van der Waals surface area contributed by atoms with Gasteiger partial charge in [-0.2, -0.15) is 0 Å². The monoisotopic (exact) mass is 273 g/mol. The number of aromatic nitrogens is 1. The van der Waals surface area contributed by atoms with Crippen LogP contribution in [0.5, 0.6) is 0 Å². The molecule has 1 aromatic rings. The molecular formula is C15H17N2O3-. The summed E-state index contributed by atoms with van der Waals surface area (Å²) in [5, 5.41) is 14.0. The van der Waals surface area contributed by atoms with Crippen molar-refractivity contribution in [3.63, 3.8) is 0 Å². The van der Waals surface area contributed by atoms with Gasteiger partial charge in [-0.05, 0) is 31.4 Å². The molecule has 0 aliphatic heterocycles. The molecule has 20 heavy (non-hydrogen) atoms. The quantitative estimate of drug-likeness (QED) is 0.832. The summed E-state index contributed by atoms with van der Waals surface area (Å²) in [7, 11) is 0. The number of hydrogen-bond donors (Lipinski definition) is 1. The molecule has 0 spiro atoms. The van der Waals surface area contributed by atoms with E-state index in [0.29, 0.717) is 12.1 Å². The Morgan fingerprint density at radius 3 is 2.80 bits per heavy atom. The Morgan fingerprint density at radius 1 is 1.45 bits per heavy atom. The number of carbonyl (C=O) groups is 2. The van der Waals surface area contributed by atoms with Crippen LogP contribution < -0.4 is 10.4 Å². The number of hydrogen-bond acceptors (Lipinski definition) is 4. The molecule has 1 N–H and O–H groups in total. The lowest BCUT2D eigenvalue weighted by Gasteiger charge is -2.34. The standard InChI is InChI=1S/C15H18N2O3/c1-9-6-10(2)13(15(19)20)12(7-9)14(18)17-11-4-3-5-16-8-11/h3-6,8,10,12-13H,7H2,1-2H3,(H,17,18)(H,19,20)/p-1/t10-,12-,13+/m0/s1. The summed E-state index contributed by atoms with van der Waals surface area (Å²) < 4.78 is 0. The highest BCUT2D eigenvalue weighted by Gasteiger charge is 2.35. The third-order valence-electron chi connectivity index (χ3n) is 3.63. The van der Waals surface area contributed by atoms with E-state index in [1.807, 2.05) is 13.0 Å². The van der Waals surface area contributed by atoms with Gasteiger partial charge >= 0.3 is 0 Å². The van der Waals surface area contributed by atoms with Crippen LogP contribution in [0, 0.1) is 17.8 Å². The molecule has 3 atom stereocenters. The lowest BCUT2D eigenvalue weighted by molar-refractivity contribution is -0.314. The van der Waals surface area contributed by atoms with Crippen molar-refractivity contribution in [2.45, 2.75) is 20.3 Å². The normalized spacial score (nSPS) is 25.7. The molecule has 0 radical (unpaired) electrons. The van der Waals surface area contributed by atoms with Crippen molar-refractivity contribution in [2.75, 3.05) is 5.32 Å². The van der Waals surface area contributed by atoms with Crippen LogP contribution in [0.2, 0.25) is 0 Å². The first-order valence-corrected chi connectivity index (χ1v) is 6.58. The summed E-state index contributed by atoms with van der Waals surface area (Å²) in [6, 6.07) is 3.42. The number of carbonyl (C=O) groups excluding carboxylic acids is 2. The van der Waals surface area contributed by atoms with Crippen molar-refractivity contribution in [3.8, 4) is 0 Å². The summed E-state index contributed by atoms with van der Waals surface area (Å²) in [5.74, 6) is -3.09. The van der Waals surface area contributed by atoms with E-state index < -0.39 is 17.8 Å². The third-order valence-corrected chi connectivity index (χ3v) is 3.63. The van der Waals surface area contributed by atoms with Crippen molar-refractivity contribution in [1.29, 1.82) is 0 Å². The number of rotatable bonds is 3. The molecule has 1 heterocycles. The lowest BCUT2D eigenvalue weighted by Crippen LogP contribution is -2.45. The molecule has 0 unspecified atom stereocenters. The molecule has 0 aromatic carbocycles. The Hall–Kier alpha value is -2.17. The van der Waals surface area contributed by atoms with Gasteiger partial charge < -0.3 is 15.2 Å². The molecule has 1 aromatic heterocycles. The fraction of sp³-hybridized carbons (Fsp3) is 0.400. The van der Waals surface area contributed by atoms with Gasteiger partial charge in [-0.1, -0.05) is 18.6 Å². The SMILES string of the molecule is CC1=C[C@H](C)[C@@H](C(=O)[O-])[C@@H](C(=O)Nc2cccnc2)C1. The highest BCUT2D eigenvalue weighted by atomic mass is 16.4. The van der Waals surface area contributed by atoms with Crippen LogP contribution in [0.15, 0.2) is 36.2 Å². The number of nitrogens with one attached hydrogen (secondary N) is 1. The molecule has 0 fully saturated rings. The van der Waals surface area contributed by atoms with Crippen molar-refractivity contribution in [1.82, 2.24) is 4.98 Å². The summed E-state index contributed by atoms with van der Waals surface area (Å²) >= 11 is 0. The molecule has 2 rings (SSSR count). The molecule has 0 saturated carbocycles. The van der Waals surface area contributed by atoms with Gasteiger partial charge in [-0.3, -0.25) is 9.78 Å². The minimum absolute atomic E-state index is 0.210. The maximum Gasteiger partial charge on any atom is 0.228 e. The van der Waals surface area contributed by atoms with E-state index in [0.717, 1.165) is 5.57 Å². The smallest absolute Gasteiger partial charge is 0.228 e. The van der Waals surface area contributed by atoms with Crippen LogP contribution in [0.3, 0.4) is 0 Å². The van der Waals surface area contributed by atoms with Crippen LogP contribution in [0.1, 0.15) is 20.3 Å². The second kappa shape index (κ2) is 5.86. The molecular weight excluding hydrogens is 256 g/mol. The summed E-state index contributed by atoms with van der Waals surface area (Å²) in [4.78, 5) is 27.5. The van der Waals surface area contributed by atoms with E-state index in [4.69, 9.17) is 0 Å². The van der Waals surface area contributed by atoms with Crippen LogP contribution in [0.4, 0.5) is 5.69 Å². The number of anilines is 1. The Bertz CT molecular complexity index is 539. The molecule has 5 heteroatoms. The largest absolute Gasteiger partial charge is 0.550 e.